The number of hydrogen-bond acceptors (Lipinski definition) is 6. The van der Waals surface area contributed by atoms with Gasteiger partial charge in [0, 0.05) is 11.1 Å². The summed E-state index contributed by atoms with van der Waals surface area (Å²) in [6.45, 7) is 0. The lowest BCUT2D eigenvalue weighted by Gasteiger charge is -2.09. The van der Waals surface area contributed by atoms with Gasteiger partial charge in [-0.3, -0.25) is 4.79 Å². The zero-order valence-corrected chi connectivity index (χ0v) is 17.6. The Kier molecular flexibility index (Phi) is 6.22. The van der Waals surface area contributed by atoms with Crippen LogP contribution in [0.15, 0.2) is 84.0 Å². The van der Waals surface area contributed by atoms with Crippen LogP contribution in [-0.2, 0) is 0 Å². The fourth-order valence-electron chi connectivity index (χ4n) is 3.16. The average Bonchev–Trinajstić information content (AvgIpc) is 3.30. The molecule has 1 N–H and O–H groups in total. The summed E-state index contributed by atoms with van der Waals surface area (Å²) in [4.78, 5) is 17.2. The van der Waals surface area contributed by atoms with Crippen molar-refractivity contribution in [1.29, 1.82) is 0 Å². The minimum atomic E-state index is -0.532. The Morgan fingerprint density at radius 3 is 2.34 bits per heavy atom. The third-order valence-corrected chi connectivity index (χ3v) is 4.65. The standard InChI is InChI=1S/C24H21N5O3/c1-31-20-15-9-12-18(21(20)32-2)16-25-27-24(30)22-26-23(17-10-5-3-6-11-17)29(28-22)19-13-7-4-8-14-19/h3-16H,1-2H3,(H,27,30)/b25-16+. The minimum Gasteiger partial charge on any atom is -0.493 e. The first kappa shape index (κ1) is 20.8. The van der Waals surface area contributed by atoms with Gasteiger partial charge in [-0.1, -0.05) is 54.6 Å². The highest BCUT2D eigenvalue weighted by Crippen LogP contribution is 2.29. The van der Waals surface area contributed by atoms with Crippen molar-refractivity contribution < 1.29 is 14.3 Å². The second-order valence-corrected chi connectivity index (χ2v) is 6.65. The molecule has 0 aliphatic rings. The van der Waals surface area contributed by atoms with Gasteiger partial charge in [0.05, 0.1) is 26.1 Å². The van der Waals surface area contributed by atoms with Crippen LogP contribution in [0, 0.1) is 0 Å². The van der Waals surface area contributed by atoms with Crippen molar-refractivity contribution in [1.82, 2.24) is 20.2 Å². The third-order valence-electron chi connectivity index (χ3n) is 4.65. The Hall–Kier alpha value is -4.46. The van der Waals surface area contributed by atoms with Gasteiger partial charge in [-0.25, -0.2) is 15.1 Å². The second kappa shape index (κ2) is 9.57. The summed E-state index contributed by atoms with van der Waals surface area (Å²) in [5.74, 6) is 1.11. The summed E-state index contributed by atoms with van der Waals surface area (Å²) in [6, 6.07) is 24.5. The lowest BCUT2D eigenvalue weighted by molar-refractivity contribution is 0.0945. The maximum Gasteiger partial charge on any atom is 0.311 e. The molecule has 0 aliphatic heterocycles. The minimum absolute atomic E-state index is 0.00228. The highest BCUT2D eigenvalue weighted by atomic mass is 16.5. The maximum absolute atomic E-state index is 12.7. The van der Waals surface area contributed by atoms with Crippen molar-refractivity contribution >= 4 is 12.1 Å². The van der Waals surface area contributed by atoms with Gasteiger partial charge < -0.3 is 9.47 Å². The Balaban J connectivity index is 1.61. The van der Waals surface area contributed by atoms with E-state index in [0.717, 1.165) is 11.3 Å². The molecule has 32 heavy (non-hydrogen) atoms. The van der Waals surface area contributed by atoms with Crippen LogP contribution in [0.5, 0.6) is 11.5 Å². The molecular formula is C24H21N5O3. The highest BCUT2D eigenvalue weighted by Gasteiger charge is 2.18. The number of hydrazone groups is 1. The number of rotatable bonds is 7. The van der Waals surface area contributed by atoms with Gasteiger partial charge >= 0.3 is 5.91 Å². The van der Waals surface area contributed by atoms with Gasteiger partial charge in [-0.05, 0) is 24.3 Å². The van der Waals surface area contributed by atoms with E-state index in [1.165, 1.54) is 6.21 Å². The van der Waals surface area contributed by atoms with Crippen LogP contribution in [0.2, 0.25) is 0 Å². The zero-order valence-electron chi connectivity index (χ0n) is 17.6. The van der Waals surface area contributed by atoms with Crippen molar-refractivity contribution in [2.24, 2.45) is 5.10 Å². The number of aromatic nitrogens is 3. The number of methoxy groups -OCH3 is 2. The molecule has 0 aliphatic carbocycles. The molecule has 4 aromatic rings. The first-order chi connectivity index (χ1) is 15.7. The van der Waals surface area contributed by atoms with Crippen LogP contribution in [-0.4, -0.2) is 41.1 Å². The first-order valence-electron chi connectivity index (χ1n) is 9.83. The van der Waals surface area contributed by atoms with E-state index in [0.29, 0.717) is 22.9 Å². The van der Waals surface area contributed by atoms with Crippen molar-refractivity contribution in [3.63, 3.8) is 0 Å². The molecule has 0 radical (unpaired) electrons. The maximum atomic E-state index is 12.7. The van der Waals surface area contributed by atoms with E-state index in [1.54, 1.807) is 37.1 Å². The molecule has 0 unspecified atom stereocenters. The van der Waals surface area contributed by atoms with E-state index in [9.17, 15) is 4.79 Å². The average molecular weight is 427 g/mol. The van der Waals surface area contributed by atoms with Gasteiger partial charge in [0.25, 0.3) is 0 Å². The van der Waals surface area contributed by atoms with Gasteiger partial charge in [-0.2, -0.15) is 5.10 Å². The van der Waals surface area contributed by atoms with Crippen molar-refractivity contribution in [2.75, 3.05) is 14.2 Å². The highest BCUT2D eigenvalue weighted by molar-refractivity contribution is 5.92. The SMILES string of the molecule is COc1cccc(/C=N/NC(=O)c2nc(-c3ccccc3)n(-c3ccccc3)n2)c1OC. The fraction of sp³-hybridized carbons (Fsp3) is 0.0833. The van der Waals surface area contributed by atoms with E-state index < -0.39 is 5.91 Å². The van der Waals surface area contributed by atoms with Crippen LogP contribution in [0.3, 0.4) is 0 Å². The molecule has 0 bridgehead atoms. The summed E-state index contributed by atoms with van der Waals surface area (Å²) in [5.41, 5.74) is 4.76. The summed E-state index contributed by atoms with van der Waals surface area (Å²) < 4.78 is 12.3. The number of amides is 1. The van der Waals surface area contributed by atoms with Crippen LogP contribution < -0.4 is 14.9 Å². The number of benzene rings is 3. The summed E-state index contributed by atoms with van der Waals surface area (Å²) in [5, 5.41) is 8.46. The lowest BCUT2D eigenvalue weighted by Crippen LogP contribution is -2.19. The number of nitrogens with zero attached hydrogens (tertiary/aromatic N) is 4. The fourth-order valence-corrected chi connectivity index (χ4v) is 3.16. The van der Waals surface area contributed by atoms with E-state index in [2.05, 4.69) is 20.6 Å². The molecular weight excluding hydrogens is 406 g/mol. The summed E-state index contributed by atoms with van der Waals surface area (Å²) in [6.07, 6.45) is 1.48. The van der Waals surface area contributed by atoms with Gasteiger partial charge in [0.2, 0.25) is 5.82 Å². The topological polar surface area (TPSA) is 90.6 Å². The molecule has 8 nitrogen and oxygen atoms in total. The number of hydrogen-bond donors (Lipinski definition) is 1. The normalized spacial score (nSPS) is 10.8. The van der Waals surface area contributed by atoms with Crippen LogP contribution in [0.25, 0.3) is 17.1 Å². The number of ether oxygens (including phenoxy) is 2. The molecule has 3 aromatic carbocycles. The second-order valence-electron chi connectivity index (χ2n) is 6.65. The van der Waals surface area contributed by atoms with Crippen molar-refractivity contribution in [3.05, 3.63) is 90.3 Å². The summed E-state index contributed by atoms with van der Waals surface area (Å²) >= 11 is 0. The number of carbonyl (C=O) groups is 1. The molecule has 1 aromatic heterocycles. The molecule has 1 amide bonds. The van der Waals surface area contributed by atoms with E-state index in [1.807, 2.05) is 60.7 Å². The molecule has 8 heteroatoms. The first-order valence-corrected chi connectivity index (χ1v) is 9.83. The van der Waals surface area contributed by atoms with Crippen LogP contribution >= 0.6 is 0 Å². The predicted molar refractivity (Wildman–Crippen MR) is 121 cm³/mol. The lowest BCUT2D eigenvalue weighted by atomic mass is 10.2. The van der Waals surface area contributed by atoms with E-state index in [4.69, 9.17) is 9.47 Å². The van der Waals surface area contributed by atoms with Gasteiger partial charge in [-0.15, -0.1) is 5.10 Å². The molecule has 0 spiro atoms. The molecule has 0 fully saturated rings. The Bertz CT molecular complexity index is 1180. The largest absolute Gasteiger partial charge is 0.493 e. The monoisotopic (exact) mass is 427 g/mol. The van der Waals surface area contributed by atoms with E-state index >= 15 is 0 Å². The Morgan fingerprint density at radius 1 is 0.938 bits per heavy atom. The Labute approximate surface area is 185 Å². The van der Waals surface area contributed by atoms with E-state index in [-0.39, 0.29) is 5.82 Å². The van der Waals surface area contributed by atoms with Crippen LogP contribution in [0.1, 0.15) is 16.2 Å². The molecule has 4 rings (SSSR count). The van der Waals surface area contributed by atoms with Gasteiger partial charge in [0.1, 0.15) is 0 Å². The van der Waals surface area contributed by atoms with Crippen LogP contribution in [0.4, 0.5) is 0 Å². The predicted octanol–water partition coefficient (Wildman–Crippen LogP) is 3.72. The molecule has 1 heterocycles. The molecule has 0 saturated heterocycles. The third kappa shape index (κ3) is 4.34. The van der Waals surface area contributed by atoms with Gasteiger partial charge in [0.15, 0.2) is 17.3 Å². The van der Waals surface area contributed by atoms with Crippen molar-refractivity contribution in [2.45, 2.75) is 0 Å². The number of para-hydroxylation sites is 2. The summed E-state index contributed by atoms with van der Waals surface area (Å²) in [7, 11) is 3.10. The Morgan fingerprint density at radius 2 is 1.66 bits per heavy atom. The quantitative estimate of drug-likeness (QED) is 0.359. The number of nitrogens with one attached hydrogen (secondary N) is 1. The molecule has 160 valence electrons. The zero-order chi connectivity index (χ0) is 22.3. The number of carbonyl (C=O) groups excluding carboxylic acids is 1. The molecule has 0 atom stereocenters. The smallest absolute Gasteiger partial charge is 0.311 e. The van der Waals surface area contributed by atoms with Crippen molar-refractivity contribution in [3.8, 4) is 28.6 Å². The molecule has 0 saturated carbocycles.